The van der Waals surface area contributed by atoms with Crippen LogP contribution in [0.25, 0.3) is 0 Å². The molecule has 5 heteroatoms. The van der Waals surface area contributed by atoms with Gasteiger partial charge in [0.05, 0.1) is 7.11 Å². The summed E-state index contributed by atoms with van der Waals surface area (Å²) in [5.74, 6) is 0.329. The Morgan fingerprint density at radius 1 is 1.38 bits per heavy atom. The lowest BCUT2D eigenvalue weighted by Gasteiger charge is -2.28. The Labute approximate surface area is 126 Å². The number of carbonyl (C=O) groups is 1. The van der Waals surface area contributed by atoms with Gasteiger partial charge in [0, 0.05) is 6.61 Å². The molecule has 1 rings (SSSR count). The van der Waals surface area contributed by atoms with Gasteiger partial charge in [0.25, 0.3) is 0 Å². The first-order chi connectivity index (χ1) is 10.1. The molecule has 21 heavy (non-hydrogen) atoms. The van der Waals surface area contributed by atoms with E-state index in [0.29, 0.717) is 18.7 Å². The van der Waals surface area contributed by atoms with Gasteiger partial charge < -0.3 is 14.6 Å². The van der Waals surface area contributed by atoms with Crippen LogP contribution in [0.3, 0.4) is 0 Å². The van der Waals surface area contributed by atoms with Crippen molar-refractivity contribution in [2.24, 2.45) is 0 Å². The molecule has 0 spiro atoms. The van der Waals surface area contributed by atoms with E-state index in [1.165, 1.54) is 7.11 Å². The van der Waals surface area contributed by atoms with Crippen molar-refractivity contribution >= 4 is 5.97 Å². The predicted octanol–water partition coefficient (Wildman–Crippen LogP) is 1.53. The Morgan fingerprint density at radius 2 is 2.10 bits per heavy atom. The van der Waals surface area contributed by atoms with E-state index in [4.69, 9.17) is 14.6 Å². The van der Waals surface area contributed by atoms with Gasteiger partial charge in [0.1, 0.15) is 17.9 Å². The molecule has 0 amide bonds. The van der Waals surface area contributed by atoms with E-state index in [9.17, 15) is 4.79 Å². The van der Waals surface area contributed by atoms with Crippen LogP contribution in [0.5, 0.6) is 5.75 Å². The zero-order valence-corrected chi connectivity index (χ0v) is 13.0. The number of ether oxygens (including phenoxy) is 2. The van der Waals surface area contributed by atoms with Crippen LogP contribution in [-0.2, 0) is 16.0 Å². The summed E-state index contributed by atoms with van der Waals surface area (Å²) >= 11 is 0. The van der Waals surface area contributed by atoms with Gasteiger partial charge in [-0.3, -0.25) is 5.32 Å². The van der Waals surface area contributed by atoms with Gasteiger partial charge in [-0.05, 0) is 37.9 Å². The van der Waals surface area contributed by atoms with Crippen LogP contribution in [0, 0.1) is 0 Å². The normalized spacial score (nSPS) is 13.5. The molecule has 0 radical (unpaired) electrons. The van der Waals surface area contributed by atoms with E-state index in [1.807, 2.05) is 31.2 Å². The summed E-state index contributed by atoms with van der Waals surface area (Å²) in [6, 6.07) is 7.50. The summed E-state index contributed by atoms with van der Waals surface area (Å²) in [6.45, 7) is 4.73. The van der Waals surface area contributed by atoms with Gasteiger partial charge in [-0.15, -0.1) is 0 Å². The smallest absolute Gasteiger partial charge is 0.329 e. The number of nitrogens with one attached hydrogen (secondary N) is 1. The maximum atomic E-state index is 12.0. The molecule has 0 saturated carbocycles. The molecule has 0 fully saturated rings. The van der Waals surface area contributed by atoms with Crippen molar-refractivity contribution < 1.29 is 19.4 Å². The minimum atomic E-state index is -0.892. The van der Waals surface area contributed by atoms with Crippen LogP contribution in [0.4, 0.5) is 0 Å². The van der Waals surface area contributed by atoms with E-state index in [0.717, 1.165) is 12.0 Å². The highest BCUT2D eigenvalue weighted by Gasteiger charge is 2.34. The molecule has 118 valence electrons. The molecule has 1 unspecified atom stereocenters. The van der Waals surface area contributed by atoms with E-state index in [2.05, 4.69) is 5.32 Å². The van der Waals surface area contributed by atoms with Crippen LogP contribution >= 0.6 is 0 Å². The second-order valence-electron chi connectivity index (χ2n) is 5.12. The van der Waals surface area contributed by atoms with Crippen molar-refractivity contribution in [3.8, 4) is 5.75 Å². The van der Waals surface area contributed by atoms with Crippen molar-refractivity contribution in [1.82, 2.24) is 5.32 Å². The summed E-state index contributed by atoms with van der Waals surface area (Å²) < 4.78 is 10.7. The molecule has 1 aromatic carbocycles. The second-order valence-corrected chi connectivity index (χ2v) is 5.12. The molecule has 0 bridgehead atoms. The van der Waals surface area contributed by atoms with Gasteiger partial charge in [-0.25, -0.2) is 4.79 Å². The molecule has 0 aliphatic rings. The monoisotopic (exact) mass is 295 g/mol. The quantitative estimate of drug-likeness (QED) is 0.676. The zero-order chi connectivity index (χ0) is 15.7. The zero-order valence-electron chi connectivity index (χ0n) is 13.0. The van der Waals surface area contributed by atoms with Gasteiger partial charge >= 0.3 is 5.97 Å². The summed E-state index contributed by atoms with van der Waals surface area (Å²) in [7, 11) is 1.37. The van der Waals surface area contributed by atoms with Gasteiger partial charge in [-0.2, -0.15) is 0 Å². The molecule has 0 aliphatic carbocycles. The number of methoxy groups -OCH3 is 1. The van der Waals surface area contributed by atoms with Gasteiger partial charge in [0.2, 0.25) is 0 Å². The molecule has 0 aliphatic heterocycles. The van der Waals surface area contributed by atoms with Gasteiger partial charge in [0.15, 0.2) is 0 Å². The lowest BCUT2D eigenvalue weighted by Crippen LogP contribution is -2.54. The number of hydrogen-bond donors (Lipinski definition) is 2. The Bertz CT molecular complexity index is 450. The minimum Gasteiger partial charge on any atom is -0.491 e. The molecule has 1 aromatic rings. The summed E-state index contributed by atoms with van der Waals surface area (Å²) in [5.41, 5.74) is 0.0274. The Kier molecular flexibility index (Phi) is 7.19. The number of hydrogen-bond acceptors (Lipinski definition) is 5. The number of benzene rings is 1. The fourth-order valence-corrected chi connectivity index (χ4v) is 2.00. The largest absolute Gasteiger partial charge is 0.491 e. The molecule has 0 heterocycles. The molecule has 0 saturated heterocycles. The second kappa shape index (κ2) is 8.64. The van der Waals surface area contributed by atoms with Crippen LogP contribution in [0.15, 0.2) is 24.3 Å². The standard InChI is InChI=1S/C16H25NO4/c1-4-10-17-16(2,15(19)20-3)12-21-14-8-6-5-7-13(14)9-11-18/h5-8,17-18H,4,9-12H2,1-3H3. The van der Waals surface area contributed by atoms with Crippen molar-refractivity contribution in [2.75, 3.05) is 26.9 Å². The van der Waals surface area contributed by atoms with Crippen molar-refractivity contribution in [3.05, 3.63) is 29.8 Å². The maximum Gasteiger partial charge on any atom is 0.329 e. The number of aliphatic hydroxyl groups is 1. The van der Waals surface area contributed by atoms with E-state index < -0.39 is 5.54 Å². The third-order valence-corrected chi connectivity index (χ3v) is 3.27. The van der Waals surface area contributed by atoms with Gasteiger partial charge in [-0.1, -0.05) is 25.1 Å². The highest BCUT2D eigenvalue weighted by molar-refractivity contribution is 5.80. The molecule has 2 N–H and O–H groups in total. The average Bonchev–Trinajstić information content (AvgIpc) is 2.51. The van der Waals surface area contributed by atoms with Crippen LogP contribution in [-0.4, -0.2) is 43.5 Å². The van der Waals surface area contributed by atoms with E-state index in [-0.39, 0.29) is 19.2 Å². The van der Waals surface area contributed by atoms with E-state index >= 15 is 0 Å². The number of carbonyl (C=O) groups excluding carboxylic acids is 1. The average molecular weight is 295 g/mol. The molecular weight excluding hydrogens is 270 g/mol. The third-order valence-electron chi connectivity index (χ3n) is 3.27. The maximum absolute atomic E-state index is 12.0. The lowest BCUT2D eigenvalue weighted by molar-refractivity contribution is -0.149. The lowest BCUT2D eigenvalue weighted by atomic mass is 10.0. The first kappa shape index (κ1) is 17.5. The number of esters is 1. The predicted molar refractivity (Wildman–Crippen MR) is 81.4 cm³/mol. The fourth-order valence-electron chi connectivity index (χ4n) is 2.00. The van der Waals surface area contributed by atoms with Crippen LogP contribution in [0.1, 0.15) is 25.8 Å². The van der Waals surface area contributed by atoms with Crippen LogP contribution < -0.4 is 10.1 Å². The number of para-hydroxylation sites is 1. The van der Waals surface area contributed by atoms with Crippen LogP contribution in [0.2, 0.25) is 0 Å². The molecule has 1 atom stereocenters. The Morgan fingerprint density at radius 3 is 2.71 bits per heavy atom. The molecule has 5 nitrogen and oxygen atoms in total. The Balaban J connectivity index is 2.79. The molecule has 0 aromatic heterocycles. The van der Waals surface area contributed by atoms with Crippen molar-refractivity contribution in [1.29, 1.82) is 0 Å². The topological polar surface area (TPSA) is 67.8 Å². The highest BCUT2D eigenvalue weighted by atomic mass is 16.5. The summed E-state index contributed by atoms with van der Waals surface area (Å²) in [4.78, 5) is 12.0. The highest BCUT2D eigenvalue weighted by Crippen LogP contribution is 2.20. The van der Waals surface area contributed by atoms with Crippen molar-refractivity contribution in [3.63, 3.8) is 0 Å². The summed E-state index contributed by atoms with van der Waals surface area (Å²) in [6.07, 6.45) is 1.43. The van der Waals surface area contributed by atoms with Crippen molar-refractivity contribution in [2.45, 2.75) is 32.2 Å². The van der Waals surface area contributed by atoms with E-state index in [1.54, 1.807) is 6.92 Å². The fraction of sp³-hybridized carbons (Fsp3) is 0.562. The number of aliphatic hydroxyl groups excluding tert-OH is 1. The molecular formula is C16H25NO4. The minimum absolute atomic E-state index is 0.0583. The third kappa shape index (κ3) is 5.02. The first-order valence-electron chi connectivity index (χ1n) is 7.22. The first-order valence-corrected chi connectivity index (χ1v) is 7.22. The number of rotatable bonds is 9. The Hall–Kier alpha value is -1.59. The SMILES string of the molecule is CCCNC(C)(COc1ccccc1CCO)C(=O)OC. The summed E-state index contributed by atoms with van der Waals surface area (Å²) in [5, 5.41) is 12.2.